The van der Waals surface area contributed by atoms with Crippen molar-refractivity contribution in [2.75, 3.05) is 24.7 Å². The van der Waals surface area contributed by atoms with Crippen molar-refractivity contribution >= 4 is 35.5 Å². The van der Waals surface area contributed by atoms with E-state index in [1.807, 2.05) is 12.1 Å². The van der Waals surface area contributed by atoms with E-state index < -0.39 is 11.9 Å². The van der Waals surface area contributed by atoms with E-state index in [-0.39, 0.29) is 0 Å². The van der Waals surface area contributed by atoms with E-state index in [9.17, 15) is 9.59 Å². The molecular weight excluding hydrogens is 360 g/mol. The van der Waals surface area contributed by atoms with Gasteiger partial charge in [-0.05, 0) is 24.3 Å². The molecule has 132 valence electrons. The van der Waals surface area contributed by atoms with Gasteiger partial charge in [-0.1, -0.05) is 24.3 Å². The van der Waals surface area contributed by atoms with Gasteiger partial charge in [-0.25, -0.2) is 9.59 Å². The Bertz CT molecular complexity index is 671. The summed E-state index contributed by atoms with van der Waals surface area (Å²) in [4.78, 5) is 23.7. The highest BCUT2D eigenvalue weighted by molar-refractivity contribution is 7.99. The van der Waals surface area contributed by atoms with E-state index in [0.29, 0.717) is 35.8 Å². The van der Waals surface area contributed by atoms with Crippen LogP contribution in [0.25, 0.3) is 0 Å². The van der Waals surface area contributed by atoms with Crippen LogP contribution in [0.5, 0.6) is 0 Å². The third kappa shape index (κ3) is 6.12. The Morgan fingerprint density at radius 3 is 1.56 bits per heavy atom. The summed E-state index contributed by atoms with van der Waals surface area (Å²) in [5, 5.41) is 18.2. The van der Waals surface area contributed by atoms with Crippen LogP contribution >= 0.6 is 23.5 Å². The van der Waals surface area contributed by atoms with Gasteiger partial charge < -0.3 is 14.9 Å². The largest absolute Gasteiger partial charge is 0.478 e. The van der Waals surface area contributed by atoms with E-state index in [1.165, 1.54) is 23.5 Å². The minimum Gasteiger partial charge on any atom is -0.478 e. The number of thioether (sulfide) groups is 2. The summed E-state index contributed by atoms with van der Waals surface area (Å²) in [5.41, 5.74) is 0.599. The third-order valence-corrected chi connectivity index (χ3v) is 5.28. The number of ether oxygens (including phenoxy) is 1. The molecule has 0 aliphatic heterocycles. The highest BCUT2D eigenvalue weighted by atomic mass is 32.2. The van der Waals surface area contributed by atoms with E-state index in [2.05, 4.69) is 0 Å². The zero-order chi connectivity index (χ0) is 18.1. The fraction of sp³-hybridized carbons (Fsp3) is 0.222. The van der Waals surface area contributed by atoms with Crippen molar-refractivity contribution < 1.29 is 24.5 Å². The molecule has 2 N–H and O–H groups in total. The highest BCUT2D eigenvalue weighted by Gasteiger charge is 2.10. The number of benzene rings is 2. The molecule has 7 heteroatoms. The van der Waals surface area contributed by atoms with Crippen LogP contribution in [0, 0.1) is 0 Å². The molecular formula is C18H18O5S2. The SMILES string of the molecule is O=C(O)c1ccccc1SCCOCCSc1ccccc1C(=O)O. The molecule has 0 amide bonds. The van der Waals surface area contributed by atoms with Gasteiger partial charge in [-0.3, -0.25) is 0 Å². The zero-order valence-corrected chi connectivity index (χ0v) is 15.0. The van der Waals surface area contributed by atoms with Crippen LogP contribution in [0.15, 0.2) is 58.3 Å². The Morgan fingerprint density at radius 1 is 0.760 bits per heavy atom. The maximum absolute atomic E-state index is 11.1. The van der Waals surface area contributed by atoms with Crippen molar-refractivity contribution in [2.24, 2.45) is 0 Å². The number of aromatic carboxylic acids is 2. The van der Waals surface area contributed by atoms with Crippen LogP contribution in [0.1, 0.15) is 20.7 Å². The first-order chi connectivity index (χ1) is 12.1. The van der Waals surface area contributed by atoms with Crippen molar-refractivity contribution in [1.29, 1.82) is 0 Å². The van der Waals surface area contributed by atoms with Gasteiger partial charge in [0.25, 0.3) is 0 Å². The van der Waals surface area contributed by atoms with Gasteiger partial charge in [0, 0.05) is 21.3 Å². The monoisotopic (exact) mass is 378 g/mol. The highest BCUT2D eigenvalue weighted by Crippen LogP contribution is 2.23. The molecule has 0 bridgehead atoms. The first-order valence-corrected chi connectivity index (χ1v) is 9.54. The van der Waals surface area contributed by atoms with E-state index in [1.54, 1.807) is 36.4 Å². The third-order valence-electron chi connectivity index (χ3n) is 3.21. The van der Waals surface area contributed by atoms with Crippen LogP contribution < -0.4 is 0 Å². The molecule has 0 radical (unpaired) electrons. The lowest BCUT2D eigenvalue weighted by Gasteiger charge is -2.07. The summed E-state index contributed by atoms with van der Waals surface area (Å²) in [5.74, 6) is -0.559. The second-order valence-electron chi connectivity index (χ2n) is 4.91. The topological polar surface area (TPSA) is 83.8 Å². The average Bonchev–Trinajstić information content (AvgIpc) is 2.61. The van der Waals surface area contributed by atoms with Crippen molar-refractivity contribution in [3.63, 3.8) is 0 Å². The molecule has 0 fully saturated rings. The fourth-order valence-corrected chi connectivity index (χ4v) is 3.88. The van der Waals surface area contributed by atoms with Gasteiger partial charge in [0.1, 0.15) is 0 Å². The van der Waals surface area contributed by atoms with E-state index >= 15 is 0 Å². The summed E-state index contributed by atoms with van der Waals surface area (Å²) in [6, 6.07) is 13.8. The molecule has 0 saturated carbocycles. The maximum atomic E-state index is 11.1. The Hall–Kier alpha value is -1.96. The molecule has 0 unspecified atom stereocenters. The van der Waals surface area contributed by atoms with E-state index in [0.717, 1.165) is 9.79 Å². The Morgan fingerprint density at radius 2 is 1.16 bits per heavy atom. The summed E-state index contributed by atoms with van der Waals surface area (Å²) in [7, 11) is 0. The number of carbonyl (C=O) groups is 2. The van der Waals surface area contributed by atoms with Crippen molar-refractivity contribution in [3.8, 4) is 0 Å². The van der Waals surface area contributed by atoms with Crippen LogP contribution in [-0.4, -0.2) is 46.9 Å². The molecule has 5 nitrogen and oxygen atoms in total. The van der Waals surface area contributed by atoms with Crippen LogP contribution in [-0.2, 0) is 4.74 Å². The predicted molar refractivity (Wildman–Crippen MR) is 99.1 cm³/mol. The predicted octanol–water partition coefficient (Wildman–Crippen LogP) is 3.98. The summed E-state index contributed by atoms with van der Waals surface area (Å²) < 4.78 is 5.54. The molecule has 0 heterocycles. The molecule has 25 heavy (non-hydrogen) atoms. The number of hydrogen-bond acceptors (Lipinski definition) is 5. The molecule has 0 aliphatic carbocycles. The fourth-order valence-electron chi connectivity index (χ4n) is 2.06. The van der Waals surface area contributed by atoms with Crippen LogP contribution in [0.4, 0.5) is 0 Å². The van der Waals surface area contributed by atoms with Gasteiger partial charge in [-0.15, -0.1) is 23.5 Å². The minimum absolute atomic E-state index is 0.299. The molecule has 0 atom stereocenters. The maximum Gasteiger partial charge on any atom is 0.336 e. The van der Waals surface area contributed by atoms with Crippen molar-refractivity contribution in [1.82, 2.24) is 0 Å². The lowest BCUT2D eigenvalue weighted by Crippen LogP contribution is -2.04. The van der Waals surface area contributed by atoms with Gasteiger partial charge in [0.15, 0.2) is 0 Å². The van der Waals surface area contributed by atoms with Gasteiger partial charge in [-0.2, -0.15) is 0 Å². The number of carboxylic acids is 2. The lowest BCUT2D eigenvalue weighted by molar-refractivity contribution is 0.0682. The quantitative estimate of drug-likeness (QED) is 0.478. The van der Waals surface area contributed by atoms with Gasteiger partial charge in [0.05, 0.1) is 24.3 Å². The Kier molecular flexibility index (Phi) is 7.84. The number of rotatable bonds is 10. The minimum atomic E-state index is -0.933. The van der Waals surface area contributed by atoms with Gasteiger partial charge in [0.2, 0.25) is 0 Å². The summed E-state index contributed by atoms with van der Waals surface area (Å²) in [6.45, 7) is 1.000. The van der Waals surface area contributed by atoms with Crippen LogP contribution in [0.2, 0.25) is 0 Å². The standard InChI is InChI=1S/C18H18O5S2/c19-17(20)13-5-1-3-7-15(13)24-11-9-23-10-12-25-16-8-4-2-6-14(16)18(21)22/h1-8H,9-12H2,(H,19,20)(H,21,22). The van der Waals surface area contributed by atoms with Crippen molar-refractivity contribution in [3.05, 3.63) is 59.7 Å². The molecule has 0 aliphatic rings. The Labute approximate surface area is 154 Å². The first kappa shape index (κ1) is 19.4. The Balaban J connectivity index is 1.68. The normalized spacial score (nSPS) is 10.6. The molecule has 0 aromatic heterocycles. The smallest absolute Gasteiger partial charge is 0.336 e. The number of hydrogen-bond donors (Lipinski definition) is 2. The first-order valence-electron chi connectivity index (χ1n) is 7.57. The average molecular weight is 378 g/mol. The zero-order valence-electron chi connectivity index (χ0n) is 13.4. The molecule has 0 saturated heterocycles. The second-order valence-corrected chi connectivity index (χ2v) is 7.19. The lowest BCUT2D eigenvalue weighted by atomic mass is 10.2. The summed E-state index contributed by atoms with van der Waals surface area (Å²) in [6.07, 6.45) is 0. The summed E-state index contributed by atoms with van der Waals surface area (Å²) >= 11 is 2.89. The van der Waals surface area contributed by atoms with Crippen molar-refractivity contribution in [2.45, 2.75) is 9.79 Å². The molecule has 2 aromatic carbocycles. The molecule has 2 rings (SSSR count). The van der Waals surface area contributed by atoms with E-state index in [4.69, 9.17) is 14.9 Å². The second kappa shape index (κ2) is 10.1. The number of carboxylic acid groups (broad SMARTS) is 2. The molecule has 2 aromatic rings. The molecule has 0 spiro atoms. The van der Waals surface area contributed by atoms with Gasteiger partial charge >= 0.3 is 11.9 Å². The van der Waals surface area contributed by atoms with Crippen LogP contribution in [0.3, 0.4) is 0 Å².